The number of nitrogens with zero attached hydrogens (tertiary/aromatic N) is 4. The average molecular weight is 305 g/mol. The molecule has 2 rings (SSSR count). The van der Waals surface area contributed by atoms with Gasteiger partial charge in [-0.1, -0.05) is 0 Å². The van der Waals surface area contributed by atoms with Crippen LogP contribution >= 0.6 is 7.60 Å². The van der Waals surface area contributed by atoms with Gasteiger partial charge in [0.25, 0.3) is 0 Å². The molecule has 2 heterocycles. The highest BCUT2D eigenvalue weighted by Gasteiger charge is 2.20. The predicted molar refractivity (Wildman–Crippen MR) is 66.7 cm³/mol. The lowest BCUT2D eigenvalue weighted by molar-refractivity contribution is 0.0563. The van der Waals surface area contributed by atoms with Crippen LogP contribution in [-0.4, -0.2) is 48.5 Å². The lowest BCUT2D eigenvalue weighted by Gasteiger charge is -2.14. The zero-order valence-corrected chi connectivity index (χ0v) is 11.2. The van der Waals surface area contributed by atoms with E-state index < -0.39 is 26.7 Å². The molecule has 0 bridgehead atoms. The maximum Gasteiger partial charge on any atom is 0.350 e. The van der Waals surface area contributed by atoms with E-state index in [1.54, 1.807) is 0 Å². The van der Waals surface area contributed by atoms with Crippen LogP contribution in [0, 0.1) is 0 Å². The summed E-state index contributed by atoms with van der Waals surface area (Å²) in [4.78, 5) is 25.1. The highest BCUT2D eigenvalue weighted by Crippen LogP contribution is 2.34. The summed E-state index contributed by atoms with van der Waals surface area (Å²) >= 11 is 0. The molecule has 2 aromatic rings. The van der Waals surface area contributed by atoms with E-state index >= 15 is 0 Å². The second-order valence-electron chi connectivity index (χ2n) is 4.08. The lowest BCUT2D eigenvalue weighted by Crippen LogP contribution is -2.19. The van der Waals surface area contributed by atoms with Gasteiger partial charge in [0, 0.05) is 12.0 Å². The van der Waals surface area contributed by atoms with Gasteiger partial charge in [-0.2, -0.15) is 9.61 Å². The zero-order valence-electron chi connectivity index (χ0n) is 10.3. The first kappa shape index (κ1) is 14.8. The molecule has 0 saturated carbocycles. The molecule has 9 nitrogen and oxygen atoms in total. The van der Waals surface area contributed by atoms with Gasteiger partial charge in [0.05, 0.1) is 12.3 Å². The summed E-state index contributed by atoms with van der Waals surface area (Å²) in [5.41, 5.74) is 6.54. The van der Waals surface area contributed by atoms with E-state index in [2.05, 4.69) is 15.1 Å². The Balaban J connectivity index is 2.14. The number of nitrogen functional groups attached to an aromatic ring is 1. The third-order valence-electron chi connectivity index (χ3n) is 2.50. The number of alkyl halides is 1. The van der Waals surface area contributed by atoms with E-state index in [0.29, 0.717) is 11.2 Å². The fourth-order valence-electron chi connectivity index (χ4n) is 1.63. The minimum Gasteiger partial charge on any atom is -0.368 e. The maximum absolute atomic E-state index is 12.8. The molecule has 0 aliphatic carbocycles. The van der Waals surface area contributed by atoms with Gasteiger partial charge in [-0.05, 0) is 0 Å². The normalized spacial score (nSPS) is 13.8. The van der Waals surface area contributed by atoms with Crippen LogP contribution in [0.5, 0.6) is 0 Å². The van der Waals surface area contributed by atoms with E-state index in [4.69, 9.17) is 20.3 Å². The van der Waals surface area contributed by atoms with Crippen molar-refractivity contribution in [1.29, 1.82) is 0 Å². The quantitative estimate of drug-likeness (QED) is 0.621. The molecule has 0 aromatic carbocycles. The highest BCUT2D eigenvalue weighted by molar-refractivity contribution is 7.51. The standard InChI is InChI=1S/C9H13FN5O4P/c10-2-7(19-5-20(16,17)18)1-6-3-14-15-8(6)12-4-13-9(15)11/h3-4,7H,1-2,5H2,(H2,11,12,13)(H2,16,17,18)/t7-/m0/s1. The first-order chi connectivity index (χ1) is 9.40. The molecule has 0 fully saturated rings. The van der Waals surface area contributed by atoms with Gasteiger partial charge in [0.1, 0.15) is 19.3 Å². The van der Waals surface area contributed by atoms with Crippen LogP contribution in [0.1, 0.15) is 5.56 Å². The van der Waals surface area contributed by atoms with Gasteiger partial charge in [-0.3, -0.25) is 4.57 Å². The van der Waals surface area contributed by atoms with Gasteiger partial charge in [0.2, 0.25) is 5.95 Å². The zero-order chi connectivity index (χ0) is 14.8. The molecule has 110 valence electrons. The summed E-state index contributed by atoms with van der Waals surface area (Å²) in [5.74, 6) is 0.134. The number of hydrogen-bond donors (Lipinski definition) is 3. The number of nitrogens with two attached hydrogens (primary N) is 1. The Bertz CT molecular complexity index is 644. The molecule has 0 saturated heterocycles. The number of anilines is 1. The first-order valence-corrected chi connectivity index (χ1v) is 7.35. The third kappa shape index (κ3) is 3.48. The molecule has 0 amide bonds. The SMILES string of the molecule is Nc1ncnc2c(C[C@@H](CF)OCP(=O)(O)O)cnn12. The lowest BCUT2D eigenvalue weighted by atomic mass is 10.1. The molecule has 0 spiro atoms. The second-order valence-corrected chi connectivity index (χ2v) is 5.67. The van der Waals surface area contributed by atoms with Gasteiger partial charge < -0.3 is 20.3 Å². The van der Waals surface area contributed by atoms with Crippen LogP contribution in [-0.2, 0) is 15.7 Å². The van der Waals surface area contributed by atoms with Crippen molar-refractivity contribution in [3.05, 3.63) is 18.1 Å². The van der Waals surface area contributed by atoms with E-state index in [-0.39, 0.29) is 12.4 Å². The summed E-state index contributed by atoms with van der Waals surface area (Å²) < 4.78 is 29.7. The number of ether oxygens (including phenoxy) is 1. The third-order valence-corrected chi connectivity index (χ3v) is 2.99. The van der Waals surface area contributed by atoms with Crippen molar-refractivity contribution in [2.75, 3.05) is 18.8 Å². The van der Waals surface area contributed by atoms with Crippen molar-refractivity contribution in [2.45, 2.75) is 12.5 Å². The van der Waals surface area contributed by atoms with E-state index in [1.807, 2.05) is 0 Å². The molecule has 4 N–H and O–H groups in total. The topological polar surface area (TPSA) is 136 Å². The predicted octanol–water partition coefficient (Wildman–Crippen LogP) is -0.261. The van der Waals surface area contributed by atoms with Crippen molar-refractivity contribution >= 4 is 19.2 Å². The Kier molecular flexibility index (Phi) is 4.29. The monoisotopic (exact) mass is 305 g/mol. The summed E-state index contributed by atoms with van der Waals surface area (Å²) in [6, 6.07) is 0. The molecule has 11 heteroatoms. The molecule has 1 atom stereocenters. The van der Waals surface area contributed by atoms with Crippen LogP contribution in [0.25, 0.3) is 5.65 Å². The molecule has 2 aromatic heterocycles. The van der Waals surface area contributed by atoms with Gasteiger partial charge in [0.15, 0.2) is 5.65 Å². The van der Waals surface area contributed by atoms with Crippen molar-refractivity contribution < 1.29 is 23.5 Å². The van der Waals surface area contributed by atoms with Crippen LogP contribution in [0.2, 0.25) is 0 Å². The van der Waals surface area contributed by atoms with Crippen LogP contribution < -0.4 is 5.73 Å². The molecule has 0 unspecified atom stereocenters. The minimum absolute atomic E-state index is 0.0659. The molecular formula is C9H13FN5O4P. The summed E-state index contributed by atoms with van der Waals surface area (Å²) in [6.45, 7) is -0.891. The Morgan fingerprint density at radius 1 is 1.50 bits per heavy atom. The number of rotatable bonds is 6. The smallest absolute Gasteiger partial charge is 0.350 e. The van der Waals surface area contributed by atoms with Crippen LogP contribution in [0.4, 0.5) is 10.3 Å². The Hall–Kier alpha value is -1.61. The van der Waals surface area contributed by atoms with Gasteiger partial charge in [-0.25, -0.2) is 14.4 Å². The van der Waals surface area contributed by atoms with E-state index in [1.165, 1.54) is 17.0 Å². The van der Waals surface area contributed by atoms with Gasteiger partial charge in [-0.15, -0.1) is 0 Å². The maximum atomic E-state index is 12.8. The highest BCUT2D eigenvalue weighted by atomic mass is 31.2. The number of fused-ring (bicyclic) bond motifs is 1. The van der Waals surface area contributed by atoms with Crippen LogP contribution in [0.15, 0.2) is 12.5 Å². The molecule has 20 heavy (non-hydrogen) atoms. The number of aromatic nitrogens is 4. The fourth-order valence-corrected chi connectivity index (χ4v) is 2.03. The van der Waals surface area contributed by atoms with Crippen molar-refractivity contribution in [2.24, 2.45) is 0 Å². The summed E-state index contributed by atoms with van der Waals surface area (Å²) in [5, 5.41) is 3.95. The second kappa shape index (κ2) is 5.80. The molecule has 0 radical (unpaired) electrons. The summed E-state index contributed by atoms with van der Waals surface area (Å²) in [7, 11) is -4.33. The largest absolute Gasteiger partial charge is 0.368 e. The molecule has 0 aliphatic rings. The van der Waals surface area contributed by atoms with E-state index in [0.717, 1.165) is 0 Å². The van der Waals surface area contributed by atoms with E-state index in [9.17, 15) is 8.96 Å². The Labute approximate surface area is 112 Å². The molecule has 0 aliphatic heterocycles. The fraction of sp³-hybridized carbons (Fsp3) is 0.444. The van der Waals surface area contributed by atoms with Crippen molar-refractivity contribution in [3.63, 3.8) is 0 Å². The Morgan fingerprint density at radius 2 is 2.25 bits per heavy atom. The van der Waals surface area contributed by atoms with Gasteiger partial charge >= 0.3 is 7.60 Å². The number of halogens is 1. The number of hydrogen-bond acceptors (Lipinski definition) is 6. The molecular weight excluding hydrogens is 292 g/mol. The van der Waals surface area contributed by atoms with Crippen molar-refractivity contribution in [3.8, 4) is 0 Å². The van der Waals surface area contributed by atoms with Crippen LogP contribution in [0.3, 0.4) is 0 Å². The average Bonchev–Trinajstić information content (AvgIpc) is 2.78. The first-order valence-electron chi connectivity index (χ1n) is 5.56. The summed E-state index contributed by atoms with van der Waals surface area (Å²) in [6.07, 6.45) is 0.918. The Morgan fingerprint density at radius 3 is 2.90 bits per heavy atom. The minimum atomic E-state index is -4.33. The van der Waals surface area contributed by atoms with Crippen molar-refractivity contribution in [1.82, 2.24) is 19.6 Å².